The third-order valence-electron chi connectivity index (χ3n) is 4.08. The molecular weight excluding hydrogens is 377 g/mol. The minimum atomic E-state index is -0.505. The molecule has 0 aliphatic rings. The molecule has 7 nitrogen and oxygen atoms in total. The zero-order valence-electron chi connectivity index (χ0n) is 16.8. The summed E-state index contributed by atoms with van der Waals surface area (Å²) in [7, 11) is 1.38. The third kappa shape index (κ3) is 6.03. The van der Waals surface area contributed by atoms with Crippen LogP contribution in [-0.2, 0) is 16.1 Å². The predicted molar refractivity (Wildman–Crippen MR) is 108 cm³/mol. The van der Waals surface area contributed by atoms with Crippen LogP contribution in [0.3, 0.4) is 0 Å². The molecule has 29 heavy (non-hydrogen) atoms. The van der Waals surface area contributed by atoms with E-state index in [2.05, 4.69) is 10.6 Å². The van der Waals surface area contributed by atoms with E-state index in [1.54, 1.807) is 12.1 Å². The first kappa shape index (κ1) is 21.9. The number of hydrogen-bond donors (Lipinski definition) is 2. The fourth-order valence-electron chi connectivity index (χ4n) is 2.84. The van der Waals surface area contributed by atoms with Gasteiger partial charge in [-0.25, -0.2) is 4.39 Å². The number of methoxy groups -OCH3 is 1. The average molecular weight is 401 g/mol. The molecule has 0 radical (unpaired) electrons. The van der Waals surface area contributed by atoms with Gasteiger partial charge in [-0.15, -0.1) is 0 Å². The van der Waals surface area contributed by atoms with Crippen molar-refractivity contribution in [1.82, 2.24) is 4.90 Å². The van der Waals surface area contributed by atoms with E-state index in [1.807, 2.05) is 6.92 Å². The van der Waals surface area contributed by atoms with Crippen molar-refractivity contribution < 1.29 is 23.5 Å². The number of ether oxygens (including phenoxy) is 1. The lowest BCUT2D eigenvalue weighted by Gasteiger charge is -2.22. The number of halogens is 1. The van der Waals surface area contributed by atoms with E-state index in [0.29, 0.717) is 23.5 Å². The second kappa shape index (κ2) is 9.68. The molecule has 0 unspecified atom stereocenters. The molecule has 2 N–H and O–H groups in total. The average Bonchev–Trinajstić information content (AvgIpc) is 2.64. The second-order valence-corrected chi connectivity index (χ2v) is 6.45. The van der Waals surface area contributed by atoms with Crippen LogP contribution in [0.4, 0.5) is 15.8 Å². The van der Waals surface area contributed by atoms with E-state index in [1.165, 1.54) is 50.1 Å². The highest BCUT2D eigenvalue weighted by Gasteiger charge is 2.18. The van der Waals surface area contributed by atoms with Gasteiger partial charge in [0, 0.05) is 43.9 Å². The number of nitrogens with zero attached hydrogens (tertiary/aromatic N) is 1. The summed E-state index contributed by atoms with van der Waals surface area (Å²) in [4.78, 5) is 37.4. The minimum absolute atomic E-state index is 0.131. The van der Waals surface area contributed by atoms with E-state index < -0.39 is 5.82 Å². The fourth-order valence-corrected chi connectivity index (χ4v) is 2.84. The van der Waals surface area contributed by atoms with Gasteiger partial charge in [0.15, 0.2) is 11.6 Å². The van der Waals surface area contributed by atoms with Gasteiger partial charge in [0.2, 0.25) is 11.8 Å². The summed E-state index contributed by atoms with van der Waals surface area (Å²) < 4.78 is 18.9. The Bertz CT molecular complexity index is 896. The third-order valence-corrected chi connectivity index (χ3v) is 4.08. The van der Waals surface area contributed by atoms with Crippen molar-refractivity contribution in [3.05, 3.63) is 53.3 Å². The van der Waals surface area contributed by atoms with Crippen molar-refractivity contribution in [2.24, 2.45) is 0 Å². The van der Waals surface area contributed by atoms with Gasteiger partial charge in [-0.2, -0.15) is 0 Å². The van der Waals surface area contributed by atoms with Gasteiger partial charge < -0.3 is 20.3 Å². The maximum absolute atomic E-state index is 14.0. The first-order valence-electron chi connectivity index (χ1n) is 9.05. The van der Waals surface area contributed by atoms with E-state index >= 15 is 0 Å². The first-order valence-corrected chi connectivity index (χ1v) is 9.05. The summed E-state index contributed by atoms with van der Waals surface area (Å²) in [5, 5.41) is 5.23. The van der Waals surface area contributed by atoms with Crippen LogP contribution in [0.15, 0.2) is 36.4 Å². The number of nitrogens with one attached hydrogen (secondary N) is 2. The number of benzene rings is 2. The van der Waals surface area contributed by atoms with Crippen LogP contribution in [0.2, 0.25) is 0 Å². The number of amides is 3. The lowest BCUT2D eigenvalue weighted by Crippen LogP contribution is -2.30. The molecule has 2 rings (SSSR count). The van der Waals surface area contributed by atoms with Gasteiger partial charge in [0.1, 0.15) is 0 Å². The Labute approximate surface area is 168 Å². The molecule has 154 valence electrons. The van der Waals surface area contributed by atoms with Crippen LogP contribution < -0.4 is 15.4 Å². The summed E-state index contributed by atoms with van der Waals surface area (Å²) in [6, 6.07) is 9.15. The van der Waals surface area contributed by atoms with Crippen molar-refractivity contribution in [3.8, 4) is 5.75 Å². The summed E-state index contributed by atoms with van der Waals surface area (Å²) in [6.45, 7) is 5.08. The molecule has 0 saturated carbocycles. The summed E-state index contributed by atoms with van der Waals surface area (Å²) >= 11 is 0. The van der Waals surface area contributed by atoms with Gasteiger partial charge >= 0.3 is 0 Å². The Balaban J connectivity index is 2.32. The Morgan fingerprint density at radius 2 is 1.59 bits per heavy atom. The zero-order valence-corrected chi connectivity index (χ0v) is 16.8. The first-order chi connectivity index (χ1) is 13.7. The van der Waals surface area contributed by atoms with Gasteiger partial charge in [0.05, 0.1) is 7.11 Å². The minimum Gasteiger partial charge on any atom is -0.494 e. The molecule has 0 fully saturated rings. The maximum Gasteiger partial charge on any atom is 0.254 e. The van der Waals surface area contributed by atoms with Gasteiger partial charge in [-0.3, -0.25) is 14.4 Å². The van der Waals surface area contributed by atoms with Crippen LogP contribution in [0, 0.1) is 5.82 Å². The lowest BCUT2D eigenvalue weighted by atomic mass is 10.1. The number of rotatable bonds is 7. The predicted octanol–water partition coefficient (Wildman–Crippen LogP) is 3.41. The molecule has 0 spiro atoms. The second-order valence-electron chi connectivity index (χ2n) is 6.45. The Morgan fingerprint density at radius 3 is 2.03 bits per heavy atom. The number of carbonyl (C=O) groups excluding carboxylic acids is 3. The Morgan fingerprint density at radius 1 is 1.00 bits per heavy atom. The summed E-state index contributed by atoms with van der Waals surface area (Å²) in [6.07, 6.45) is 0. The monoisotopic (exact) mass is 401 g/mol. The van der Waals surface area contributed by atoms with Crippen LogP contribution in [0.25, 0.3) is 0 Å². The van der Waals surface area contributed by atoms with Gasteiger partial charge in [0.25, 0.3) is 5.91 Å². The molecule has 0 atom stereocenters. The number of anilines is 2. The lowest BCUT2D eigenvalue weighted by molar-refractivity contribution is -0.115. The highest BCUT2D eigenvalue weighted by Crippen LogP contribution is 2.23. The molecular formula is C21H24FN3O4. The molecule has 2 aromatic rings. The van der Waals surface area contributed by atoms with Crippen molar-refractivity contribution in [2.45, 2.75) is 27.3 Å². The highest BCUT2D eigenvalue weighted by molar-refractivity contribution is 5.99. The highest BCUT2D eigenvalue weighted by atomic mass is 19.1. The standard InChI is InChI=1S/C21H24FN3O4/c1-5-25(12-15-6-7-20(29-4)19(22)8-15)21(28)16-9-17(23-13(2)26)11-18(10-16)24-14(3)27/h6-11H,5,12H2,1-4H3,(H,23,26)(H,24,27). The zero-order chi connectivity index (χ0) is 21.6. The largest absolute Gasteiger partial charge is 0.494 e. The molecule has 3 amide bonds. The van der Waals surface area contributed by atoms with Crippen molar-refractivity contribution in [3.63, 3.8) is 0 Å². The molecule has 0 heterocycles. The summed E-state index contributed by atoms with van der Waals surface area (Å²) in [5.41, 5.74) is 1.67. The van der Waals surface area contributed by atoms with Crippen molar-refractivity contribution in [1.29, 1.82) is 0 Å². The topological polar surface area (TPSA) is 87.7 Å². The van der Waals surface area contributed by atoms with Crippen LogP contribution in [-0.4, -0.2) is 36.3 Å². The van der Waals surface area contributed by atoms with Crippen LogP contribution in [0.5, 0.6) is 5.75 Å². The van der Waals surface area contributed by atoms with Crippen molar-refractivity contribution >= 4 is 29.1 Å². The molecule has 2 aromatic carbocycles. The smallest absolute Gasteiger partial charge is 0.254 e. The van der Waals surface area contributed by atoms with E-state index in [0.717, 1.165) is 0 Å². The molecule has 0 saturated heterocycles. The Hall–Kier alpha value is -3.42. The van der Waals surface area contributed by atoms with Crippen LogP contribution >= 0.6 is 0 Å². The van der Waals surface area contributed by atoms with E-state index in [-0.39, 0.29) is 35.6 Å². The molecule has 0 aromatic heterocycles. The molecule has 0 aliphatic heterocycles. The van der Waals surface area contributed by atoms with Crippen LogP contribution in [0.1, 0.15) is 36.7 Å². The van der Waals surface area contributed by atoms with Gasteiger partial charge in [-0.1, -0.05) is 6.07 Å². The molecule has 8 heteroatoms. The van der Waals surface area contributed by atoms with Gasteiger partial charge in [-0.05, 0) is 42.8 Å². The van der Waals surface area contributed by atoms with E-state index in [4.69, 9.17) is 4.74 Å². The van der Waals surface area contributed by atoms with Crippen molar-refractivity contribution in [2.75, 3.05) is 24.3 Å². The molecule has 0 bridgehead atoms. The molecule has 0 aliphatic carbocycles. The normalized spacial score (nSPS) is 10.2. The number of hydrogen-bond acceptors (Lipinski definition) is 4. The van der Waals surface area contributed by atoms with E-state index in [9.17, 15) is 18.8 Å². The Kier molecular flexibility index (Phi) is 7.30. The number of carbonyl (C=O) groups is 3. The quantitative estimate of drug-likeness (QED) is 0.744. The fraction of sp³-hybridized carbons (Fsp3) is 0.286. The summed E-state index contributed by atoms with van der Waals surface area (Å²) in [5.74, 6) is -1.29. The SMILES string of the molecule is CCN(Cc1ccc(OC)c(F)c1)C(=O)c1cc(NC(C)=O)cc(NC(C)=O)c1. The maximum atomic E-state index is 14.0.